The Hall–Kier alpha value is -2.45. The first kappa shape index (κ1) is 18.9. The van der Waals surface area contributed by atoms with E-state index < -0.39 is 22.7 Å². The predicted octanol–water partition coefficient (Wildman–Crippen LogP) is 2.15. The summed E-state index contributed by atoms with van der Waals surface area (Å²) >= 11 is 0. The van der Waals surface area contributed by atoms with Gasteiger partial charge in [0.05, 0.1) is 19.8 Å². The largest absolute Gasteiger partial charge is 0.497 e. The lowest BCUT2D eigenvalue weighted by Crippen LogP contribution is -2.21. The maximum Gasteiger partial charge on any atom is 0.337 e. The number of rotatable bonds is 7. The minimum absolute atomic E-state index is 0.0666. The van der Waals surface area contributed by atoms with E-state index >= 15 is 0 Å². The van der Waals surface area contributed by atoms with E-state index in [0.717, 1.165) is 15.9 Å². The molecule has 25 heavy (non-hydrogen) atoms. The third-order valence-corrected chi connectivity index (χ3v) is 4.33. The van der Waals surface area contributed by atoms with Crippen LogP contribution in [0.25, 0.3) is 0 Å². The van der Waals surface area contributed by atoms with Crippen molar-refractivity contribution >= 4 is 16.9 Å². The molecule has 0 fully saturated rings. The maximum absolute atomic E-state index is 14.2. The van der Waals surface area contributed by atoms with Gasteiger partial charge in [0.25, 0.3) is 0 Å². The Bertz CT molecular complexity index is 812. The summed E-state index contributed by atoms with van der Waals surface area (Å²) < 4.78 is 47.9. The van der Waals surface area contributed by atoms with Crippen LogP contribution < -0.4 is 4.74 Å². The number of carbonyl (C=O) groups is 1. The number of nitrogens with zero attached hydrogens (tertiary/aromatic N) is 1. The smallest absolute Gasteiger partial charge is 0.337 e. The van der Waals surface area contributed by atoms with Gasteiger partial charge in [-0.1, -0.05) is 18.2 Å². The molecule has 2 aromatic rings. The Labute approximate surface area is 146 Å². The zero-order valence-corrected chi connectivity index (χ0v) is 14.7. The molecular formula is C17H18FNO5S. The Morgan fingerprint density at radius 3 is 2.28 bits per heavy atom. The van der Waals surface area contributed by atoms with E-state index in [-0.39, 0.29) is 24.2 Å². The van der Waals surface area contributed by atoms with Crippen LogP contribution in [-0.4, -0.2) is 32.9 Å². The molecular weight excluding hydrogens is 349 g/mol. The summed E-state index contributed by atoms with van der Waals surface area (Å²) in [5, 5.41) is 0. The van der Waals surface area contributed by atoms with Gasteiger partial charge in [0.2, 0.25) is 10.9 Å². The molecule has 0 unspecified atom stereocenters. The van der Waals surface area contributed by atoms with Gasteiger partial charge in [0.15, 0.2) is 0 Å². The van der Waals surface area contributed by atoms with Crippen molar-refractivity contribution in [2.45, 2.75) is 13.1 Å². The minimum Gasteiger partial charge on any atom is -0.497 e. The van der Waals surface area contributed by atoms with Gasteiger partial charge in [-0.05, 0) is 29.8 Å². The molecule has 0 amide bonds. The van der Waals surface area contributed by atoms with Gasteiger partial charge in [-0.15, -0.1) is 0 Å². The molecule has 0 N–H and O–H groups in total. The fourth-order valence-corrected chi connectivity index (χ4v) is 2.78. The van der Waals surface area contributed by atoms with E-state index in [2.05, 4.69) is 4.74 Å². The van der Waals surface area contributed by atoms with Gasteiger partial charge in [-0.2, -0.15) is 4.31 Å². The summed E-state index contributed by atoms with van der Waals surface area (Å²) in [4.78, 5) is 11.4. The highest BCUT2D eigenvalue weighted by Gasteiger charge is 2.15. The van der Waals surface area contributed by atoms with Crippen molar-refractivity contribution in [3.63, 3.8) is 0 Å². The highest BCUT2D eigenvalue weighted by molar-refractivity contribution is 7.69. The first-order chi connectivity index (χ1) is 11.9. The Morgan fingerprint density at radius 2 is 1.76 bits per heavy atom. The molecule has 0 aliphatic carbocycles. The van der Waals surface area contributed by atoms with Crippen molar-refractivity contribution in [3.8, 4) is 5.75 Å². The van der Waals surface area contributed by atoms with Crippen LogP contribution in [0.3, 0.4) is 0 Å². The van der Waals surface area contributed by atoms with Crippen LogP contribution in [-0.2, 0) is 28.7 Å². The molecule has 0 atom stereocenters. The number of methoxy groups -OCH3 is 2. The van der Waals surface area contributed by atoms with Crippen molar-refractivity contribution in [3.05, 3.63) is 65.0 Å². The number of thiol groups is 1. The lowest BCUT2D eigenvalue weighted by Gasteiger charge is -2.16. The lowest BCUT2D eigenvalue weighted by molar-refractivity contribution is 0.0600. The van der Waals surface area contributed by atoms with E-state index in [1.165, 1.54) is 26.4 Å². The molecule has 8 heteroatoms. The first-order valence-corrected chi connectivity index (χ1v) is 8.46. The number of hydrogen-bond acceptors (Lipinski definition) is 5. The zero-order valence-electron chi connectivity index (χ0n) is 13.8. The predicted molar refractivity (Wildman–Crippen MR) is 90.3 cm³/mol. The van der Waals surface area contributed by atoms with Crippen LogP contribution in [0.2, 0.25) is 0 Å². The van der Waals surface area contributed by atoms with Crippen molar-refractivity contribution in [1.29, 1.82) is 0 Å². The number of carbonyl (C=O) groups excluding carboxylic acids is 1. The van der Waals surface area contributed by atoms with Crippen LogP contribution in [0.15, 0.2) is 42.5 Å². The van der Waals surface area contributed by atoms with E-state index in [0.29, 0.717) is 5.75 Å². The summed E-state index contributed by atoms with van der Waals surface area (Å²) in [7, 11) is -0.175. The number of esters is 1. The van der Waals surface area contributed by atoms with Gasteiger partial charge in [-0.25, -0.2) is 17.6 Å². The Balaban J connectivity index is 2.17. The number of benzene rings is 2. The zero-order chi connectivity index (χ0) is 18.4. The summed E-state index contributed by atoms with van der Waals surface area (Å²) in [5.74, 6) is -0.666. The molecule has 0 spiro atoms. The lowest BCUT2D eigenvalue weighted by atomic mass is 10.1. The molecule has 0 saturated carbocycles. The van der Waals surface area contributed by atoms with Gasteiger partial charge in [0.1, 0.15) is 11.6 Å². The molecule has 0 aliphatic heterocycles. The van der Waals surface area contributed by atoms with Crippen LogP contribution in [0.5, 0.6) is 5.75 Å². The highest BCUT2D eigenvalue weighted by atomic mass is 32.2. The third kappa shape index (κ3) is 5.01. The topological polar surface area (TPSA) is 72.9 Å². The second-order valence-electron chi connectivity index (χ2n) is 5.21. The van der Waals surface area contributed by atoms with Gasteiger partial charge < -0.3 is 9.47 Å². The molecule has 0 radical (unpaired) electrons. The summed E-state index contributed by atoms with van der Waals surface area (Å²) in [6, 6.07) is 10.7. The average Bonchev–Trinajstić information content (AvgIpc) is 2.62. The third-order valence-electron chi connectivity index (χ3n) is 3.58. The molecule has 2 aromatic carbocycles. The first-order valence-electron chi connectivity index (χ1n) is 7.33. The van der Waals surface area contributed by atoms with E-state index in [1.807, 2.05) is 0 Å². The number of hydrogen-bond donors (Lipinski definition) is 1. The molecule has 0 saturated heterocycles. The van der Waals surface area contributed by atoms with Crippen molar-refractivity contribution in [1.82, 2.24) is 4.31 Å². The molecule has 6 nitrogen and oxygen atoms in total. The van der Waals surface area contributed by atoms with Crippen LogP contribution in [0.4, 0.5) is 4.39 Å². The quantitative estimate of drug-likeness (QED) is 0.600. The van der Waals surface area contributed by atoms with Crippen LogP contribution in [0.1, 0.15) is 21.5 Å². The average molecular weight is 367 g/mol. The summed E-state index contributed by atoms with van der Waals surface area (Å²) in [6.45, 7) is -0.0427. The maximum atomic E-state index is 14.2. The number of ether oxygens (including phenoxy) is 2. The molecule has 134 valence electrons. The fourth-order valence-electron chi connectivity index (χ4n) is 2.23. The molecule has 0 aromatic heterocycles. The molecule has 0 bridgehead atoms. The van der Waals surface area contributed by atoms with Gasteiger partial charge in [-0.3, -0.25) is 0 Å². The fraction of sp³-hybridized carbons (Fsp3) is 0.235. The minimum atomic E-state index is -2.91. The second kappa shape index (κ2) is 8.59. The summed E-state index contributed by atoms with van der Waals surface area (Å²) in [6.07, 6.45) is 0. The van der Waals surface area contributed by atoms with Crippen LogP contribution in [0, 0.1) is 5.82 Å². The van der Waals surface area contributed by atoms with Crippen molar-refractivity contribution in [2.24, 2.45) is 0 Å². The Kier molecular flexibility index (Phi) is 6.49. The van der Waals surface area contributed by atoms with Gasteiger partial charge in [0, 0.05) is 18.7 Å². The number of halogens is 1. The van der Waals surface area contributed by atoms with E-state index in [9.17, 15) is 17.6 Å². The van der Waals surface area contributed by atoms with Crippen molar-refractivity contribution < 1.29 is 27.1 Å². The van der Waals surface area contributed by atoms with Gasteiger partial charge >= 0.3 is 5.97 Å². The SMILES string of the molecule is COC(=O)c1ccc(CN(Cc2ccc(OC)cc2)[SH](=O)=O)c(F)c1. The Morgan fingerprint density at radius 1 is 1.08 bits per heavy atom. The molecule has 2 rings (SSSR count). The molecule has 0 heterocycles. The standard InChI is InChI=1S/C17H18FNO5S/c1-23-15-7-3-12(4-8-15)10-19(25(21)22)11-14-6-5-13(9-16(14)18)17(20)24-2/h3-9,25H,10-11H2,1-2H3. The highest BCUT2D eigenvalue weighted by Crippen LogP contribution is 2.17. The summed E-state index contributed by atoms with van der Waals surface area (Å²) in [5.41, 5.74) is 0.976. The molecule has 0 aliphatic rings. The second-order valence-corrected chi connectivity index (χ2v) is 6.25. The van der Waals surface area contributed by atoms with E-state index in [4.69, 9.17) is 4.74 Å². The van der Waals surface area contributed by atoms with Crippen LogP contribution >= 0.6 is 0 Å². The normalized spacial score (nSPS) is 10.9. The monoisotopic (exact) mass is 367 g/mol. The van der Waals surface area contributed by atoms with E-state index in [1.54, 1.807) is 24.3 Å². The van der Waals surface area contributed by atoms with Crippen molar-refractivity contribution in [2.75, 3.05) is 14.2 Å².